The summed E-state index contributed by atoms with van der Waals surface area (Å²) in [5.74, 6) is 2.62. The van der Waals surface area contributed by atoms with E-state index < -0.39 is 0 Å². The maximum Gasteiger partial charge on any atom is 0.191 e. The van der Waals surface area contributed by atoms with Gasteiger partial charge in [0.2, 0.25) is 0 Å². The van der Waals surface area contributed by atoms with Crippen LogP contribution in [-0.4, -0.2) is 28.8 Å². The van der Waals surface area contributed by atoms with Gasteiger partial charge in [0.05, 0.1) is 12.2 Å². The maximum absolute atomic E-state index is 4.65. The highest BCUT2D eigenvalue weighted by Gasteiger charge is 2.18. The number of nitrogens with one attached hydrogen (secondary N) is 2. The van der Waals surface area contributed by atoms with E-state index in [2.05, 4.69) is 34.6 Å². The monoisotopic (exact) mass is 291 g/mol. The van der Waals surface area contributed by atoms with Gasteiger partial charge in [0, 0.05) is 26.3 Å². The molecule has 118 valence electrons. The molecule has 0 radical (unpaired) electrons. The van der Waals surface area contributed by atoms with Crippen LogP contribution < -0.4 is 10.6 Å². The van der Waals surface area contributed by atoms with E-state index in [0.29, 0.717) is 6.54 Å². The fourth-order valence-electron chi connectivity index (χ4n) is 2.83. The molecule has 0 amide bonds. The summed E-state index contributed by atoms with van der Waals surface area (Å²) in [7, 11) is 1.95. The van der Waals surface area contributed by atoms with Crippen molar-refractivity contribution in [2.45, 2.75) is 46.1 Å². The second-order valence-electron chi connectivity index (χ2n) is 6.15. The summed E-state index contributed by atoms with van der Waals surface area (Å²) >= 11 is 0. The van der Waals surface area contributed by atoms with Gasteiger partial charge in [0.25, 0.3) is 0 Å². The minimum absolute atomic E-state index is 0.660. The highest BCUT2D eigenvalue weighted by atomic mass is 15.3. The fraction of sp³-hybridized carbons (Fsp3) is 0.750. The first-order chi connectivity index (χ1) is 10.2. The Morgan fingerprint density at radius 1 is 1.33 bits per heavy atom. The molecule has 0 saturated heterocycles. The van der Waals surface area contributed by atoms with Crippen LogP contribution in [0.2, 0.25) is 0 Å². The van der Waals surface area contributed by atoms with Crippen molar-refractivity contribution in [3.05, 3.63) is 18.0 Å². The lowest BCUT2D eigenvalue weighted by Gasteiger charge is -2.26. The van der Waals surface area contributed by atoms with Crippen molar-refractivity contribution in [1.82, 2.24) is 20.4 Å². The lowest BCUT2D eigenvalue weighted by Crippen LogP contribution is -2.40. The largest absolute Gasteiger partial charge is 0.357 e. The number of aryl methyl sites for hydroxylation is 1. The molecule has 0 bridgehead atoms. The molecule has 0 aliphatic heterocycles. The van der Waals surface area contributed by atoms with Crippen LogP contribution in [0.3, 0.4) is 0 Å². The molecule has 21 heavy (non-hydrogen) atoms. The Labute approximate surface area is 128 Å². The highest BCUT2D eigenvalue weighted by Crippen LogP contribution is 2.27. The number of aromatic nitrogens is 2. The third-order valence-electron chi connectivity index (χ3n) is 4.36. The molecular weight excluding hydrogens is 262 g/mol. The predicted octanol–water partition coefficient (Wildman–Crippen LogP) is 2.30. The smallest absolute Gasteiger partial charge is 0.191 e. The van der Waals surface area contributed by atoms with E-state index in [1.54, 1.807) is 0 Å². The van der Waals surface area contributed by atoms with Crippen LogP contribution in [0, 0.1) is 11.8 Å². The van der Waals surface area contributed by atoms with Crippen LogP contribution in [0.15, 0.2) is 17.3 Å². The second-order valence-corrected chi connectivity index (χ2v) is 6.15. The lowest BCUT2D eigenvalue weighted by molar-refractivity contribution is 0.289. The summed E-state index contributed by atoms with van der Waals surface area (Å²) in [6.07, 6.45) is 7.24. The Bertz CT molecular complexity index is 443. The first-order valence-corrected chi connectivity index (χ1v) is 8.18. The van der Waals surface area contributed by atoms with Crippen LogP contribution in [-0.2, 0) is 13.6 Å². The Morgan fingerprint density at radius 2 is 2.10 bits per heavy atom. The number of nitrogens with zero attached hydrogens (tertiary/aromatic N) is 3. The van der Waals surface area contributed by atoms with E-state index >= 15 is 0 Å². The fourth-order valence-corrected chi connectivity index (χ4v) is 2.83. The van der Waals surface area contributed by atoms with Crippen molar-refractivity contribution in [2.24, 2.45) is 23.9 Å². The van der Waals surface area contributed by atoms with Crippen LogP contribution >= 0.6 is 0 Å². The summed E-state index contributed by atoms with van der Waals surface area (Å²) in [5.41, 5.74) is 1.12. The molecule has 2 rings (SSSR count). The van der Waals surface area contributed by atoms with E-state index in [9.17, 15) is 0 Å². The second kappa shape index (κ2) is 8.05. The zero-order valence-corrected chi connectivity index (χ0v) is 13.6. The highest BCUT2D eigenvalue weighted by molar-refractivity contribution is 5.79. The van der Waals surface area contributed by atoms with Crippen LogP contribution in [0.4, 0.5) is 0 Å². The Kier molecular flexibility index (Phi) is 6.08. The molecule has 1 aromatic rings. The minimum Gasteiger partial charge on any atom is -0.357 e. The predicted molar refractivity (Wildman–Crippen MR) is 87.1 cm³/mol. The van der Waals surface area contributed by atoms with Gasteiger partial charge in [-0.25, -0.2) is 4.99 Å². The van der Waals surface area contributed by atoms with Crippen molar-refractivity contribution in [3.63, 3.8) is 0 Å². The molecule has 1 aromatic heterocycles. The first kappa shape index (κ1) is 15.9. The molecule has 2 N–H and O–H groups in total. The molecule has 0 atom stereocenters. The van der Waals surface area contributed by atoms with E-state index in [-0.39, 0.29) is 0 Å². The molecular formula is C16H29N5. The van der Waals surface area contributed by atoms with Crippen LogP contribution in [0.1, 0.15) is 45.2 Å². The minimum atomic E-state index is 0.660. The van der Waals surface area contributed by atoms with E-state index in [0.717, 1.165) is 36.6 Å². The molecule has 5 nitrogen and oxygen atoms in total. The van der Waals surface area contributed by atoms with Crippen molar-refractivity contribution in [1.29, 1.82) is 0 Å². The van der Waals surface area contributed by atoms with Crippen molar-refractivity contribution in [2.75, 3.05) is 13.1 Å². The summed E-state index contributed by atoms with van der Waals surface area (Å²) < 4.78 is 1.87. The van der Waals surface area contributed by atoms with Crippen LogP contribution in [0.25, 0.3) is 0 Å². The molecule has 1 saturated carbocycles. The van der Waals surface area contributed by atoms with Crippen molar-refractivity contribution < 1.29 is 0 Å². The summed E-state index contributed by atoms with van der Waals surface area (Å²) in [5, 5.41) is 11.0. The zero-order chi connectivity index (χ0) is 15.1. The molecule has 1 heterocycles. The summed E-state index contributed by atoms with van der Waals surface area (Å²) in [4.78, 5) is 4.65. The third-order valence-corrected chi connectivity index (χ3v) is 4.36. The zero-order valence-electron chi connectivity index (χ0n) is 13.6. The average Bonchev–Trinajstić information content (AvgIpc) is 2.89. The number of hydrogen-bond acceptors (Lipinski definition) is 2. The third kappa shape index (κ3) is 5.06. The van der Waals surface area contributed by atoms with Gasteiger partial charge in [0.15, 0.2) is 5.96 Å². The normalized spacial score (nSPS) is 23.1. The number of aliphatic imine (C=N–C) groups is 1. The average molecular weight is 291 g/mol. The van der Waals surface area contributed by atoms with Gasteiger partial charge >= 0.3 is 0 Å². The lowest BCUT2D eigenvalue weighted by atomic mass is 9.83. The van der Waals surface area contributed by atoms with Gasteiger partial charge in [-0.15, -0.1) is 0 Å². The summed E-state index contributed by atoms with van der Waals surface area (Å²) in [6, 6.07) is 2.01. The molecule has 1 fully saturated rings. The van der Waals surface area contributed by atoms with Crippen molar-refractivity contribution in [3.8, 4) is 0 Å². The quantitative estimate of drug-likeness (QED) is 0.646. The van der Waals surface area contributed by atoms with E-state index in [1.165, 1.54) is 25.7 Å². The molecule has 0 spiro atoms. The van der Waals surface area contributed by atoms with Gasteiger partial charge in [0.1, 0.15) is 0 Å². The van der Waals surface area contributed by atoms with E-state index in [1.807, 2.05) is 24.0 Å². The Balaban J connectivity index is 1.82. The molecule has 1 aliphatic rings. The molecule has 0 aromatic carbocycles. The maximum atomic E-state index is 4.65. The van der Waals surface area contributed by atoms with E-state index in [4.69, 9.17) is 0 Å². The molecule has 0 unspecified atom stereocenters. The van der Waals surface area contributed by atoms with Gasteiger partial charge in [-0.1, -0.05) is 19.8 Å². The van der Waals surface area contributed by atoms with Crippen molar-refractivity contribution >= 4 is 5.96 Å². The topological polar surface area (TPSA) is 54.2 Å². The number of hydrogen-bond donors (Lipinski definition) is 2. The van der Waals surface area contributed by atoms with Gasteiger partial charge in [-0.2, -0.15) is 5.10 Å². The van der Waals surface area contributed by atoms with Gasteiger partial charge < -0.3 is 10.6 Å². The standard InChI is InChI=1S/C16H29N5/c1-4-17-16(19-12-15-9-10-20-21(15)3)18-11-14-7-5-13(2)6-8-14/h9-10,13-14H,4-8,11-12H2,1-3H3,(H2,17,18,19). The Hall–Kier alpha value is -1.52. The number of guanidine groups is 1. The van der Waals surface area contributed by atoms with Gasteiger partial charge in [-0.05, 0) is 37.7 Å². The van der Waals surface area contributed by atoms with Gasteiger partial charge in [-0.3, -0.25) is 4.68 Å². The molecule has 5 heteroatoms. The van der Waals surface area contributed by atoms with Crippen LogP contribution in [0.5, 0.6) is 0 Å². The molecule has 1 aliphatic carbocycles. The Morgan fingerprint density at radius 3 is 2.71 bits per heavy atom. The summed E-state index contributed by atoms with van der Waals surface area (Å²) in [6.45, 7) is 7.04. The first-order valence-electron chi connectivity index (χ1n) is 8.18. The SMILES string of the molecule is CCNC(=NCc1ccnn1C)NCC1CCC(C)CC1. The number of rotatable bonds is 5.